The van der Waals surface area contributed by atoms with E-state index in [2.05, 4.69) is 4.98 Å². The highest BCUT2D eigenvalue weighted by molar-refractivity contribution is 6.14. The van der Waals surface area contributed by atoms with Crippen LogP contribution in [0.25, 0.3) is 0 Å². The van der Waals surface area contributed by atoms with E-state index in [0.29, 0.717) is 16.9 Å². The Balaban J connectivity index is 1.82. The van der Waals surface area contributed by atoms with Gasteiger partial charge >= 0.3 is 11.9 Å². The molecule has 0 fully saturated rings. The predicted octanol–water partition coefficient (Wildman–Crippen LogP) is 3.97. The van der Waals surface area contributed by atoms with Crippen LogP contribution >= 0.6 is 0 Å². The summed E-state index contributed by atoms with van der Waals surface area (Å²) < 4.78 is 24.1. The minimum atomic E-state index is -1.16. The van der Waals surface area contributed by atoms with Crippen molar-refractivity contribution in [1.82, 2.24) is 4.98 Å². The standard InChI is InChI=1S/C30H26FN3O5/c1-38-29(36)24-21(17-7-4-3-5-8-17)15-22-25(27(24)35)23(18-9-6-14-33-16-18)26(30(37)39-2)28(32)34(22)20-12-10-19(31)11-13-20/h3-14,16,21,23-24H,15,32H2,1-2H3/t21-,23-,24-/m1/s1. The van der Waals surface area contributed by atoms with Crippen LogP contribution in [-0.2, 0) is 23.9 Å². The second kappa shape index (κ2) is 10.5. The van der Waals surface area contributed by atoms with Crippen molar-refractivity contribution in [2.75, 3.05) is 19.1 Å². The average Bonchev–Trinajstić information content (AvgIpc) is 2.97. The molecule has 2 N–H and O–H groups in total. The molecule has 3 aromatic rings. The van der Waals surface area contributed by atoms with Crippen molar-refractivity contribution in [1.29, 1.82) is 0 Å². The van der Waals surface area contributed by atoms with Gasteiger partial charge < -0.3 is 15.2 Å². The van der Waals surface area contributed by atoms with Crippen LogP contribution in [0.2, 0.25) is 0 Å². The first-order chi connectivity index (χ1) is 18.9. The highest BCUT2D eigenvalue weighted by atomic mass is 19.1. The number of nitrogens with two attached hydrogens (primary N) is 1. The lowest BCUT2D eigenvalue weighted by molar-refractivity contribution is -0.150. The van der Waals surface area contributed by atoms with Crippen LogP contribution in [0.4, 0.5) is 10.1 Å². The molecule has 0 saturated heterocycles. The maximum absolute atomic E-state index is 14.4. The third-order valence-corrected chi connectivity index (χ3v) is 7.23. The number of esters is 2. The number of ketones is 1. The van der Waals surface area contributed by atoms with E-state index in [1.54, 1.807) is 29.4 Å². The van der Waals surface area contributed by atoms with E-state index in [1.807, 2.05) is 30.3 Å². The van der Waals surface area contributed by atoms with Gasteiger partial charge in [-0.3, -0.25) is 19.5 Å². The zero-order valence-electron chi connectivity index (χ0n) is 21.3. The van der Waals surface area contributed by atoms with E-state index >= 15 is 0 Å². The number of hydrogen-bond acceptors (Lipinski definition) is 8. The van der Waals surface area contributed by atoms with Crippen molar-refractivity contribution in [2.45, 2.75) is 18.3 Å². The molecule has 0 amide bonds. The molecule has 3 atom stereocenters. The normalized spacial score (nSPS) is 20.9. The number of carbonyl (C=O) groups excluding carboxylic acids is 3. The summed E-state index contributed by atoms with van der Waals surface area (Å²) in [4.78, 5) is 46.6. The molecular weight excluding hydrogens is 501 g/mol. The van der Waals surface area contributed by atoms with Gasteiger partial charge in [0.25, 0.3) is 0 Å². The number of hydrogen-bond donors (Lipinski definition) is 1. The van der Waals surface area contributed by atoms with Crippen molar-refractivity contribution in [2.24, 2.45) is 11.7 Å². The summed E-state index contributed by atoms with van der Waals surface area (Å²) in [7, 11) is 2.46. The van der Waals surface area contributed by atoms with E-state index in [-0.39, 0.29) is 23.4 Å². The van der Waals surface area contributed by atoms with Crippen LogP contribution in [0.1, 0.15) is 29.4 Å². The first kappa shape index (κ1) is 25.8. The van der Waals surface area contributed by atoms with E-state index in [9.17, 15) is 18.8 Å². The van der Waals surface area contributed by atoms with E-state index in [0.717, 1.165) is 5.56 Å². The zero-order chi connectivity index (χ0) is 27.7. The molecule has 39 heavy (non-hydrogen) atoms. The summed E-state index contributed by atoms with van der Waals surface area (Å²) >= 11 is 0. The lowest BCUT2D eigenvalue weighted by atomic mass is 9.67. The highest BCUT2D eigenvalue weighted by Crippen LogP contribution is 2.51. The molecule has 0 unspecified atom stereocenters. The number of nitrogens with zero attached hydrogens (tertiary/aromatic N) is 2. The Morgan fingerprint density at radius 2 is 1.67 bits per heavy atom. The minimum Gasteiger partial charge on any atom is -0.468 e. The maximum atomic E-state index is 14.4. The maximum Gasteiger partial charge on any atom is 0.338 e. The summed E-state index contributed by atoms with van der Waals surface area (Å²) in [6, 6.07) is 18.2. The summed E-state index contributed by atoms with van der Waals surface area (Å²) in [5.41, 5.74) is 9.18. The monoisotopic (exact) mass is 527 g/mol. The van der Waals surface area contributed by atoms with Gasteiger partial charge in [0.2, 0.25) is 0 Å². The van der Waals surface area contributed by atoms with Gasteiger partial charge in [-0.05, 0) is 47.9 Å². The predicted molar refractivity (Wildman–Crippen MR) is 140 cm³/mol. The third-order valence-electron chi connectivity index (χ3n) is 7.23. The lowest BCUT2D eigenvalue weighted by Crippen LogP contribution is -2.46. The molecule has 5 rings (SSSR count). The average molecular weight is 528 g/mol. The Kier molecular flexibility index (Phi) is 6.98. The number of rotatable bonds is 5. The highest BCUT2D eigenvalue weighted by Gasteiger charge is 2.51. The summed E-state index contributed by atoms with van der Waals surface area (Å²) in [5.74, 6) is -5.02. The number of allylic oxidation sites excluding steroid dienone is 2. The quantitative estimate of drug-likeness (QED) is 0.392. The van der Waals surface area contributed by atoms with Crippen molar-refractivity contribution in [3.63, 3.8) is 0 Å². The summed E-state index contributed by atoms with van der Waals surface area (Å²) in [6.45, 7) is 0. The molecule has 2 heterocycles. The molecule has 2 aromatic carbocycles. The Morgan fingerprint density at radius 3 is 2.28 bits per heavy atom. The summed E-state index contributed by atoms with van der Waals surface area (Å²) in [6.07, 6.45) is 3.33. The second-order valence-corrected chi connectivity index (χ2v) is 9.27. The topological polar surface area (TPSA) is 112 Å². The van der Waals surface area contributed by atoms with E-state index < -0.39 is 41.3 Å². The van der Waals surface area contributed by atoms with E-state index in [1.165, 1.54) is 38.5 Å². The Hall–Kier alpha value is -4.79. The number of anilines is 1. The SMILES string of the molecule is COC(=O)C1=C(N)N(c2ccc(F)cc2)C2=C(C(=O)[C@H](C(=O)OC)[C@@H](c3ccccc3)C2)[C@H]1c1cccnc1. The molecule has 0 spiro atoms. The number of Topliss-reactive ketones (excluding diaryl/α,β-unsaturated/α-hetero) is 1. The molecule has 1 aromatic heterocycles. The molecule has 9 heteroatoms. The van der Waals surface area contributed by atoms with Crippen LogP contribution in [0.3, 0.4) is 0 Å². The number of aromatic nitrogens is 1. The van der Waals surface area contributed by atoms with E-state index in [4.69, 9.17) is 15.2 Å². The molecule has 0 bridgehead atoms. The first-order valence-corrected chi connectivity index (χ1v) is 12.3. The fraction of sp³-hybridized carbons (Fsp3) is 0.200. The van der Waals surface area contributed by atoms with Crippen molar-refractivity contribution in [3.8, 4) is 0 Å². The van der Waals surface area contributed by atoms with Crippen LogP contribution in [0.15, 0.2) is 102 Å². The number of halogens is 1. The van der Waals surface area contributed by atoms with Crippen molar-refractivity contribution < 1.29 is 28.2 Å². The van der Waals surface area contributed by atoms with Crippen LogP contribution in [0, 0.1) is 11.7 Å². The third kappa shape index (κ3) is 4.46. The molecule has 1 aliphatic heterocycles. The first-order valence-electron chi connectivity index (χ1n) is 12.3. The molecule has 2 aliphatic rings. The number of benzene rings is 2. The zero-order valence-corrected chi connectivity index (χ0v) is 21.3. The number of methoxy groups -OCH3 is 2. The van der Waals surface area contributed by atoms with Gasteiger partial charge in [-0.1, -0.05) is 36.4 Å². The summed E-state index contributed by atoms with van der Waals surface area (Å²) in [5, 5.41) is 0. The molecule has 0 saturated carbocycles. The van der Waals surface area contributed by atoms with Crippen LogP contribution in [0.5, 0.6) is 0 Å². The van der Waals surface area contributed by atoms with Crippen molar-refractivity contribution >= 4 is 23.4 Å². The molecule has 0 radical (unpaired) electrons. The number of carbonyl (C=O) groups is 3. The Labute approximate surface area is 224 Å². The van der Waals surface area contributed by atoms with Gasteiger partial charge in [-0.2, -0.15) is 0 Å². The fourth-order valence-electron chi connectivity index (χ4n) is 5.51. The van der Waals surface area contributed by atoms with Gasteiger partial charge in [0.1, 0.15) is 17.6 Å². The van der Waals surface area contributed by atoms with Gasteiger partial charge in [-0.15, -0.1) is 0 Å². The van der Waals surface area contributed by atoms with Gasteiger partial charge in [-0.25, -0.2) is 9.18 Å². The minimum absolute atomic E-state index is 0.0173. The second-order valence-electron chi connectivity index (χ2n) is 9.27. The Bertz CT molecular complexity index is 1490. The van der Waals surface area contributed by atoms with Crippen LogP contribution < -0.4 is 10.6 Å². The largest absolute Gasteiger partial charge is 0.468 e. The number of ether oxygens (including phenoxy) is 2. The van der Waals surface area contributed by atoms with Gasteiger partial charge in [0.15, 0.2) is 5.78 Å². The molecule has 8 nitrogen and oxygen atoms in total. The molecule has 198 valence electrons. The molecular formula is C30H26FN3O5. The lowest BCUT2D eigenvalue weighted by Gasteiger charge is -2.44. The Morgan fingerprint density at radius 1 is 0.974 bits per heavy atom. The number of pyridine rings is 1. The van der Waals surface area contributed by atoms with Gasteiger partial charge in [0.05, 0.1) is 25.7 Å². The van der Waals surface area contributed by atoms with Crippen LogP contribution in [-0.4, -0.2) is 36.9 Å². The van der Waals surface area contributed by atoms with Crippen molar-refractivity contribution in [3.05, 3.63) is 119 Å². The fourth-order valence-corrected chi connectivity index (χ4v) is 5.51. The molecule has 1 aliphatic carbocycles. The smallest absolute Gasteiger partial charge is 0.338 e. The van der Waals surface area contributed by atoms with Gasteiger partial charge in [0, 0.05) is 35.3 Å².